The molecule has 9 nitrogen and oxygen atoms in total. The second kappa shape index (κ2) is 9.25. The molecule has 4 rings (SSSR count). The third-order valence-corrected chi connectivity index (χ3v) is 5.64. The summed E-state index contributed by atoms with van der Waals surface area (Å²) in [7, 11) is 3.19. The van der Waals surface area contributed by atoms with E-state index in [1.807, 2.05) is 30.3 Å². The quantitative estimate of drug-likeness (QED) is 0.713. The van der Waals surface area contributed by atoms with Gasteiger partial charge < -0.3 is 34.5 Å². The van der Waals surface area contributed by atoms with E-state index in [4.69, 9.17) is 18.9 Å². The molecule has 0 spiro atoms. The molecule has 0 bridgehead atoms. The molecule has 2 aliphatic heterocycles. The van der Waals surface area contributed by atoms with Gasteiger partial charge in [0, 0.05) is 19.6 Å². The van der Waals surface area contributed by atoms with Gasteiger partial charge in [-0.3, -0.25) is 4.79 Å². The smallest absolute Gasteiger partial charge is 0.318 e. The summed E-state index contributed by atoms with van der Waals surface area (Å²) in [6.45, 7) is 3.19. The van der Waals surface area contributed by atoms with Crippen LogP contribution in [0.3, 0.4) is 0 Å². The molecule has 0 unspecified atom stereocenters. The van der Waals surface area contributed by atoms with Crippen LogP contribution in [0.1, 0.15) is 23.6 Å². The minimum atomic E-state index is -0.677. The molecule has 170 valence electrons. The topological polar surface area (TPSA) is 98.4 Å². The zero-order valence-electron chi connectivity index (χ0n) is 18.4. The van der Waals surface area contributed by atoms with E-state index < -0.39 is 6.04 Å². The highest BCUT2D eigenvalue weighted by molar-refractivity contribution is 5.86. The van der Waals surface area contributed by atoms with Crippen molar-refractivity contribution >= 4 is 11.9 Å². The first-order chi connectivity index (χ1) is 15.5. The van der Waals surface area contributed by atoms with Crippen molar-refractivity contribution in [2.24, 2.45) is 0 Å². The highest BCUT2D eigenvalue weighted by Gasteiger charge is 2.25. The van der Waals surface area contributed by atoms with E-state index in [0.29, 0.717) is 49.1 Å². The Hall–Kier alpha value is -3.62. The number of fused-ring (bicyclic) bond motifs is 2. The monoisotopic (exact) mass is 441 g/mol. The van der Waals surface area contributed by atoms with Crippen molar-refractivity contribution in [1.82, 2.24) is 15.5 Å². The highest BCUT2D eigenvalue weighted by atomic mass is 16.7. The van der Waals surface area contributed by atoms with Gasteiger partial charge in [0.2, 0.25) is 12.7 Å². The van der Waals surface area contributed by atoms with Gasteiger partial charge in [0.1, 0.15) is 6.04 Å². The molecule has 0 aliphatic carbocycles. The van der Waals surface area contributed by atoms with Crippen LogP contribution >= 0.6 is 0 Å². The SMILES string of the molecule is COc1cc2c(cc1OC)CN(C(=O)N[C@H](C)C(=O)NCc1ccc3c(c1)OCO3)CC2. The van der Waals surface area contributed by atoms with Crippen molar-refractivity contribution < 1.29 is 28.5 Å². The predicted molar refractivity (Wildman–Crippen MR) is 116 cm³/mol. The Kier molecular flexibility index (Phi) is 6.25. The number of nitrogens with zero attached hydrogens (tertiary/aromatic N) is 1. The third-order valence-electron chi connectivity index (χ3n) is 5.64. The van der Waals surface area contributed by atoms with Crippen LogP contribution in [-0.4, -0.2) is 50.4 Å². The fourth-order valence-electron chi connectivity index (χ4n) is 3.79. The fourth-order valence-corrected chi connectivity index (χ4v) is 3.79. The third kappa shape index (κ3) is 4.51. The molecule has 0 saturated heterocycles. The van der Waals surface area contributed by atoms with Crippen LogP contribution in [0.25, 0.3) is 0 Å². The molecule has 0 fully saturated rings. The molecule has 2 N–H and O–H groups in total. The molecule has 2 aromatic rings. The zero-order chi connectivity index (χ0) is 22.7. The van der Waals surface area contributed by atoms with Crippen LogP contribution in [0.4, 0.5) is 4.79 Å². The molecular formula is C23H27N3O6. The Bertz CT molecular complexity index is 1030. The minimum absolute atomic E-state index is 0.204. The lowest BCUT2D eigenvalue weighted by Crippen LogP contribution is -2.50. The summed E-state index contributed by atoms with van der Waals surface area (Å²) in [5.41, 5.74) is 3.02. The minimum Gasteiger partial charge on any atom is -0.493 e. The molecule has 32 heavy (non-hydrogen) atoms. The summed E-state index contributed by atoms with van der Waals surface area (Å²) in [5, 5.41) is 5.63. The van der Waals surface area contributed by atoms with Crippen LogP contribution in [0, 0.1) is 0 Å². The number of hydrogen-bond donors (Lipinski definition) is 2. The van der Waals surface area contributed by atoms with Crippen LogP contribution in [0.15, 0.2) is 30.3 Å². The number of nitrogens with one attached hydrogen (secondary N) is 2. The van der Waals surface area contributed by atoms with Gasteiger partial charge in [-0.15, -0.1) is 0 Å². The van der Waals surface area contributed by atoms with Gasteiger partial charge in [-0.05, 0) is 54.3 Å². The maximum Gasteiger partial charge on any atom is 0.318 e. The van der Waals surface area contributed by atoms with Crippen LogP contribution in [0.5, 0.6) is 23.0 Å². The van der Waals surface area contributed by atoms with E-state index >= 15 is 0 Å². The predicted octanol–water partition coefficient (Wildman–Crippen LogP) is 2.21. The summed E-state index contributed by atoms with van der Waals surface area (Å²) >= 11 is 0. The lowest BCUT2D eigenvalue weighted by atomic mass is 9.99. The summed E-state index contributed by atoms with van der Waals surface area (Å²) in [6, 6.07) is 8.41. The zero-order valence-corrected chi connectivity index (χ0v) is 18.4. The Morgan fingerprint density at radius 3 is 2.53 bits per heavy atom. The van der Waals surface area contributed by atoms with E-state index in [1.54, 1.807) is 26.0 Å². The van der Waals surface area contributed by atoms with Gasteiger partial charge in [0.05, 0.1) is 14.2 Å². The summed E-state index contributed by atoms with van der Waals surface area (Å²) in [5.74, 6) is 2.40. The van der Waals surface area contributed by atoms with Crippen molar-refractivity contribution in [2.45, 2.75) is 32.5 Å². The summed E-state index contributed by atoms with van der Waals surface area (Å²) in [6.07, 6.45) is 0.702. The van der Waals surface area contributed by atoms with Crippen LogP contribution in [0.2, 0.25) is 0 Å². The number of ether oxygens (including phenoxy) is 4. The lowest BCUT2D eigenvalue weighted by Gasteiger charge is -2.30. The van der Waals surface area contributed by atoms with Crippen molar-refractivity contribution in [3.63, 3.8) is 0 Å². The van der Waals surface area contributed by atoms with Crippen LogP contribution in [-0.2, 0) is 24.3 Å². The molecule has 1 atom stereocenters. The second-order valence-corrected chi connectivity index (χ2v) is 7.72. The number of rotatable bonds is 6. The van der Waals surface area contributed by atoms with E-state index in [1.165, 1.54) is 0 Å². The lowest BCUT2D eigenvalue weighted by molar-refractivity contribution is -0.122. The average Bonchev–Trinajstić information content (AvgIpc) is 3.28. The molecule has 3 amide bonds. The molecular weight excluding hydrogens is 414 g/mol. The maximum atomic E-state index is 12.8. The summed E-state index contributed by atoms with van der Waals surface area (Å²) in [4.78, 5) is 26.9. The largest absolute Gasteiger partial charge is 0.493 e. The van der Waals surface area contributed by atoms with E-state index in [0.717, 1.165) is 16.7 Å². The van der Waals surface area contributed by atoms with E-state index in [-0.39, 0.29) is 18.7 Å². The number of carbonyl (C=O) groups is 2. The average molecular weight is 441 g/mol. The number of amides is 3. The standard InChI is InChI=1S/C23H27N3O6/c1-14(22(27)24-11-15-4-5-18-21(8-15)32-13-31-18)25-23(28)26-7-6-16-9-19(29-2)20(30-3)10-17(16)12-26/h4-5,8-10,14H,6-7,11-13H2,1-3H3,(H,24,27)(H,25,28)/t14-/m1/s1. The first-order valence-corrected chi connectivity index (χ1v) is 10.4. The number of methoxy groups -OCH3 is 2. The fraction of sp³-hybridized carbons (Fsp3) is 0.391. The maximum absolute atomic E-state index is 12.8. The van der Waals surface area contributed by atoms with Crippen molar-refractivity contribution in [3.8, 4) is 23.0 Å². The second-order valence-electron chi connectivity index (χ2n) is 7.72. The molecule has 2 aliphatic rings. The van der Waals surface area contributed by atoms with E-state index in [9.17, 15) is 9.59 Å². The number of carbonyl (C=O) groups excluding carboxylic acids is 2. The van der Waals surface area contributed by atoms with E-state index in [2.05, 4.69) is 10.6 Å². The Morgan fingerprint density at radius 2 is 1.78 bits per heavy atom. The Morgan fingerprint density at radius 1 is 1.06 bits per heavy atom. The molecule has 9 heteroatoms. The van der Waals surface area contributed by atoms with Gasteiger partial charge in [-0.1, -0.05) is 6.07 Å². The van der Waals surface area contributed by atoms with Gasteiger partial charge in [0.25, 0.3) is 0 Å². The van der Waals surface area contributed by atoms with Crippen molar-refractivity contribution in [1.29, 1.82) is 0 Å². The first kappa shape index (κ1) is 21.6. The molecule has 0 radical (unpaired) electrons. The Balaban J connectivity index is 1.31. The van der Waals surface area contributed by atoms with Crippen molar-refractivity contribution in [3.05, 3.63) is 47.0 Å². The van der Waals surface area contributed by atoms with Gasteiger partial charge in [0.15, 0.2) is 23.0 Å². The molecule has 2 heterocycles. The number of hydrogen-bond acceptors (Lipinski definition) is 6. The van der Waals surface area contributed by atoms with Gasteiger partial charge >= 0.3 is 6.03 Å². The normalized spacial score (nSPS) is 14.9. The Labute approximate surface area is 186 Å². The number of urea groups is 1. The molecule has 2 aromatic carbocycles. The van der Waals surface area contributed by atoms with Gasteiger partial charge in [-0.25, -0.2) is 4.79 Å². The van der Waals surface area contributed by atoms with Crippen LogP contribution < -0.4 is 29.6 Å². The molecule has 0 aromatic heterocycles. The van der Waals surface area contributed by atoms with Gasteiger partial charge in [-0.2, -0.15) is 0 Å². The van der Waals surface area contributed by atoms with Crippen molar-refractivity contribution in [2.75, 3.05) is 27.6 Å². The first-order valence-electron chi connectivity index (χ1n) is 10.4. The number of benzene rings is 2. The highest BCUT2D eigenvalue weighted by Crippen LogP contribution is 2.33. The summed E-state index contributed by atoms with van der Waals surface area (Å²) < 4.78 is 21.4. The molecule has 0 saturated carbocycles.